The molecule has 6 heteroatoms. The quantitative estimate of drug-likeness (QED) is 0.795. The van der Waals surface area contributed by atoms with E-state index >= 15 is 0 Å². The highest BCUT2D eigenvalue weighted by molar-refractivity contribution is 5.84. The standard InChI is InChI=1S/C11H15N3O3/c1-7-5-8(13-9(6-15)12-7)14-10(16)17-11(2,3)4/h5-6H,1-4H3,(H,12,13,14,16). The number of nitrogens with zero attached hydrogens (tertiary/aromatic N) is 2. The predicted octanol–water partition coefficient (Wildman–Crippen LogP) is 1.94. The maximum Gasteiger partial charge on any atom is 0.413 e. The van der Waals surface area contributed by atoms with Gasteiger partial charge in [-0.1, -0.05) is 0 Å². The Kier molecular flexibility index (Phi) is 3.77. The Balaban J connectivity index is 2.78. The Labute approximate surface area is 99.4 Å². The summed E-state index contributed by atoms with van der Waals surface area (Å²) in [5, 5.41) is 2.44. The van der Waals surface area contributed by atoms with Gasteiger partial charge >= 0.3 is 6.09 Å². The molecule has 0 aliphatic rings. The van der Waals surface area contributed by atoms with Crippen molar-refractivity contribution in [3.8, 4) is 0 Å². The number of aryl methyl sites for hydroxylation is 1. The van der Waals surface area contributed by atoms with E-state index in [1.54, 1.807) is 33.8 Å². The number of aromatic nitrogens is 2. The van der Waals surface area contributed by atoms with Gasteiger partial charge in [0.05, 0.1) is 0 Å². The predicted molar refractivity (Wildman–Crippen MR) is 62.0 cm³/mol. The molecule has 0 fully saturated rings. The average Bonchev–Trinajstić information content (AvgIpc) is 2.13. The molecular formula is C11H15N3O3. The van der Waals surface area contributed by atoms with Crippen molar-refractivity contribution in [3.63, 3.8) is 0 Å². The first kappa shape index (κ1) is 13.1. The summed E-state index contributed by atoms with van der Waals surface area (Å²) in [6.07, 6.45) is -0.0970. The van der Waals surface area contributed by atoms with Crippen molar-refractivity contribution in [1.82, 2.24) is 9.97 Å². The van der Waals surface area contributed by atoms with Crippen LogP contribution in [0.4, 0.5) is 10.6 Å². The minimum atomic E-state index is -0.618. The van der Waals surface area contributed by atoms with Crippen LogP contribution < -0.4 is 5.32 Å². The van der Waals surface area contributed by atoms with Crippen LogP contribution in [0.2, 0.25) is 0 Å². The first-order valence-electron chi connectivity index (χ1n) is 5.11. The van der Waals surface area contributed by atoms with Gasteiger partial charge in [0.15, 0.2) is 12.1 Å². The van der Waals surface area contributed by atoms with Gasteiger partial charge in [-0.15, -0.1) is 0 Å². The van der Waals surface area contributed by atoms with Crippen molar-refractivity contribution < 1.29 is 14.3 Å². The summed E-state index contributed by atoms with van der Waals surface area (Å²) < 4.78 is 5.06. The molecule has 0 saturated carbocycles. The molecule has 0 radical (unpaired) electrons. The van der Waals surface area contributed by atoms with Crippen LogP contribution in [0.1, 0.15) is 37.1 Å². The van der Waals surface area contributed by atoms with Crippen molar-refractivity contribution in [2.24, 2.45) is 0 Å². The monoisotopic (exact) mass is 237 g/mol. The summed E-state index contributed by atoms with van der Waals surface area (Å²) >= 11 is 0. The highest BCUT2D eigenvalue weighted by Crippen LogP contribution is 2.10. The number of rotatable bonds is 2. The number of amides is 1. The smallest absolute Gasteiger partial charge is 0.413 e. The summed E-state index contributed by atoms with van der Waals surface area (Å²) in [6, 6.07) is 1.55. The number of carbonyl (C=O) groups is 2. The third-order valence-electron chi connectivity index (χ3n) is 1.61. The zero-order valence-corrected chi connectivity index (χ0v) is 10.3. The minimum Gasteiger partial charge on any atom is -0.444 e. The van der Waals surface area contributed by atoms with Gasteiger partial charge in [0.25, 0.3) is 0 Å². The van der Waals surface area contributed by atoms with Gasteiger partial charge < -0.3 is 4.74 Å². The maximum absolute atomic E-state index is 11.5. The van der Waals surface area contributed by atoms with E-state index < -0.39 is 11.7 Å². The van der Waals surface area contributed by atoms with Crippen molar-refractivity contribution in [2.75, 3.05) is 5.32 Å². The van der Waals surface area contributed by atoms with Gasteiger partial charge in [-0.05, 0) is 27.7 Å². The van der Waals surface area contributed by atoms with Gasteiger partial charge in [0, 0.05) is 11.8 Å². The highest BCUT2D eigenvalue weighted by Gasteiger charge is 2.16. The van der Waals surface area contributed by atoms with Gasteiger partial charge in [0.2, 0.25) is 0 Å². The number of hydrogen-bond donors (Lipinski definition) is 1. The number of aldehydes is 1. The molecule has 0 aromatic carbocycles. The Morgan fingerprint density at radius 3 is 2.59 bits per heavy atom. The summed E-state index contributed by atoms with van der Waals surface area (Å²) in [4.78, 5) is 29.7. The molecule has 1 N–H and O–H groups in total. The number of carbonyl (C=O) groups excluding carboxylic acids is 2. The third kappa shape index (κ3) is 4.58. The Hall–Kier alpha value is -1.98. The van der Waals surface area contributed by atoms with Crippen LogP contribution in [0.15, 0.2) is 6.07 Å². The SMILES string of the molecule is Cc1cc(NC(=O)OC(C)(C)C)nc(C=O)n1. The van der Waals surface area contributed by atoms with E-state index in [9.17, 15) is 9.59 Å². The molecule has 17 heavy (non-hydrogen) atoms. The molecule has 0 unspecified atom stereocenters. The van der Waals surface area contributed by atoms with E-state index in [0.717, 1.165) is 0 Å². The molecule has 0 bridgehead atoms. The van der Waals surface area contributed by atoms with E-state index in [1.165, 1.54) is 0 Å². The molecule has 1 aromatic heterocycles. The van der Waals surface area contributed by atoms with Crippen molar-refractivity contribution >= 4 is 18.2 Å². The third-order valence-corrected chi connectivity index (χ3v) is 1.61. The minimum absolute atomic E-state index is 0.0241. The van der Waals surface area contributed by atoms with Crippen LogP contribution in [0, 0.1) is 6.92 Å². The molecule has 1 aromatic rings. The molecule has 0 atom stereocenters. The molecule has 0 aliphatic heterocycles. The molecule has 0 aliphatic carbocycles. The van der Waals surface area contributed by atoms with Crippen molar-refractivity contribution in [1.29, 1.82) is 0 Å². The normalized spacial score (nSPS) is 10.8. The Morgan fingerprint density at radius 2 is 2.06 bits per heavy atom. The first-order valence-corrected chi connectivity index (χ1v) is 5.11. The van der Waals surface area contributed by atoms with Gasteiger partial charge in [0.1, 0.15) is 11.4 Å². The number of nitrogens with one attached hydrogen (secondary N) is 1. The van der Waals surface area contributed by atoms with Crippen LogP contribution in [0.25, 0.3) is 0 Å². The van der Waals surface area contributed by atoms with Gasteiger partial charge in [-0.25, -0.2) is 14.8 Å². The van der Waals surface area contributed by atoms with Crippen molar-refractivity contribution in [3.05, 3.63) is 17.6 Å². The van der Waals surface area contributed by atoms with E-state index in [-0.39, 0.29) is 11.6 Å². The van der Waals surface area contributed by atoms with Crippen molar-refractivity contribution in [2.45, 2.75) is 33.3 Å². The molecule has 1 rings (SSSR count). The summed E-state index contributed by atoms with van der Waals surface area (Å²) in [7, 11) is 0. The molecule has 0 saturated heterocycles. The lowest BCUT2D eigenvalue weighted by atomic mass is 10.2. The molecule has 92 valence electrons. The fourth-order valence-corrected chi connectivity index (χ4v) is 1.12. The first-order chi connectivity index (χ1) is 7.80. The number of ether oxygens (including phenoxy) is 1. The summed E-state index contributed by atoms with van der Waals surface area (Å²) in [5.74, 6) is 0.268. The van der Waals surface area contributed by atoms with E-state index in [4.69, 9.17) is 4.74 Å². The fourth-order valence-electron chi connectivity index (χ4n) is 1.12. The second kappa shape index (κ2) is 4.90. The van der Waals surface area contributed by atoms with Crippen LogP contribution in [-0.4, -0.2) is 27.9 Å². The second-order valence-electron chi connectivity index (χ2n) is 4.50. The van der Waals surface area contributed by atoms with Crippen LogP contribution in [0.5, 0.6) is 0 Å². The average molecular weight is 237 g/mol. The lowest BCUT2D eigenvalue weighted by molar-refractivity contribution is 0.0635. The van der Waals surface area contributed by atoms with Gasteiger partial charge in [-0.3, -0.25) is 10.1 Å². The summed E-state index contributed by atoms with van der Waals surface area (Å²) in [5.41, 5.74) is 0.00720. The second-order valence-corrected chi connectivity index (χ2v) is 4.50. The van der Waals surface area contributed by atoms with Crippen LogP contribution in [-0.2, 0) is 4.74 Å². The molecule has 1 heterocycles. The van der Waals surface area contributed by atoms with Crippen LogP contribution >= 0.6 is 0 Å². The molecule has 1 amide bonds. The highest BCUT2D eigenvalue weighted by atomic mass is 16.6. The molecule has 6 nitrogen and oxygen atoms in total. The Morgan fingerprint density at radius 1 is 1.41 bits per heavy atom. The Bertz CT molecular complexity index is 438. The maximum atomic E-state index is 11.5. The molecule has 0 spiro atoms. The number of anilines is 1. The zero-order valence-electron chi connectivity index (χ0n) is 10.3. The summed E-state index contributed by atoms with van der Waals surface area (Å²) in [6.45, 7) is 6.98. The zero-order chi connectivity index (χ0) is 13.1. The van der Waals surface area contributed by atoms with Gasteiger partial charge in [-0.2, -0.15) is 0 Å². The fraction of sp³-hybridized carbons (Fsp3) is 0.455. The number of hydrogen-bond acceptors (Lipinski definition) is 5. The van der Waals surface area contributed by atoms with E-state index in [1.807, 2.05) is 0 Å². The molecular weight excluding hydrogens is 222 g/mol. The van der Waals surface area contributed by atoms with E-state index in [0.29, 0.717) is 12.0 Å². The lowest BCUT2D eigenvalue weighted by Gasteiger charge is -2.19. The topological polar surface area (TPSA) is 81.2 Å². The van der Waals surface area contributed by atoms with E-state index in [2.05, 4.69) is 15.3 Å². The largest absolute Gasteiger partial charge is 0.444 e. The lowest BCUT2D eigenvalue weighted by Crippen LogP contribution is -2.27. The van der Waals surface area contributed by atoms with Crippen LogP contribution in [0.3, 0.4) is 0 Å².